The van der Waals surface area contributed by atoms with E-state index in [9.17, 15) is 4.79 Å². The summed E-state index contributed by atoms with van der Waals surface area (Å²) in [4.78, 5) is 13.7. The molecule has 0 spiro atoms. The Balaban J connectivity index is 1.84. The van der Waals surface area contributed by atoms with Gasteiger partial charge in [0, 0.05) is 19.0 Å². The van der Waals surface area contributed by atoms with Crippen molar-refractivity contribution in [2.24, 2.45) is 5.92 Å². The minimum absolute atomic E-state index is 0.263. The number of carbonyl (C=O) groups is 1. The Labute approximate surface area is 131 Å². The Morgan fingerprint density at radius 2 is 2.14 bits per heavy atom. The largest absolute Gasteiger partial charge is 0.492 e. The lowest BCUT2D eigenvalue weighted by molar-refractivity contribution is 0.0285. The van der Waals surface area contributed by atoms with E-state index in [-0.39, 0.29) is 12.0 Å². The lowest BCUT2D eigenvalue weighted by Crippen LogP contribution is -2.35. The van der Waals surface area contributed by atoms with Gasteiger partial charge in [-0.2, -0.15) is 5.26 Å². The van der Waals surface area contributed by atoms with E-state index in [0.717, 1.165) is 6.42 Å². The van der Waals surface area contributed by atoms with Gasteiger partial charge in [0.15, 0.2) is 0 Å². The number of ether oxygens (including phenoxy) is 2. The zero-order valence-electron chi connectivity index (χ0n) is 13.3. The summed E-state index contributed by atoms with van der Waals surface area (Å²) >= 11 is 0. The number of carbonyl (C=O) groups excluding carboxylic acids is 1. The standard InChI is InChI=1S/C17H22N2O3/c1-17(2,3)22-16(20)19-9-8-13(11-19)12-21-15-7-5-4-6-14(15)10-18/h4-7,13H,8-9,11-12H2,1-3H3/t13-/m1/s1. The Kier molecular flexibility index (Phi) is 4.92. The minimum atomic E-state index is -0.475. The molecule has 1 aliphatic heterocycles. The fourth-order valence-electron chi connectivity index (χ4n) is 2.35. The van der Waals surface area contributed by atoms with Crippen molar-refractivity contribution in [3.8, 4) is 11.8 Å². The molecule has 118 valence electrons. The molecule has 1 aromatic rings. The average molecular weight is 302 g/mol. The lowest BCUT2D eigenvalue weighted by Gasteiger charge is -2.24. The van der Waals surface area contributed by atoms with Crippen molar-refractivity contribution < 1.29 is 14.3 Å². The molecule has 1 atom stereocenters. The molecule has 0 radical (unpaired) electrons. The van der Waals surface area contributed by atoms with Crippen LogP contribution in [0.5, 0.6) is 5.75 Å². The summed E-state index contributed by atoms with van der Waals surface area (Å²) < 4.78 is 11.1. The molecule has 1 heterocycles. The van der Waals surface area contributed by atoms with E-state index in [0.29, 0.717) is 31.0 Å². The minimum Gasteiger partial charge on any atom is -0.492 e. The second kappa shape index (κ2) is 6.69. The first-order valence-corrected chi connectivity index (χ1v) is 7.49. The van der Waals surface area contributed by atoms with Gasteiger partial charge >= 0.3 is 6.09 Å². The third-order valence-electron chi connectivity index (χ3n) is 3.42. The summed E-state index contributed by atoms with van der Waals surface area (Å²) in [5.41, 5.74) is 0.0571. The van der Waals surface area contributed by atoms with E-state index in [1.807, 2.05) is 32.9 Å². The highest BCUT2D eigenvalue weighted by molar-refractivity contribution is 5.68. The molecule has 0 N–H and O–H groups in total. The molecule has 22 heavy (non-hydrogen) atoms. The molecule has 0 aliphatic carbocycles. The van der Waals surface area contributed by atoms with Gasteiger partial charge in [-0.25, -0.2) is 4.79 Å². The van der Waals surface area contributed by atoms with E-state index in [4.69, 9.17) is 14.7 Å². The Morgan fingerprint density at radius 1 is 1.41 bits per heavy atom. The van der Waals surface area contributed by atoms with E-state index < -0.39 is 5.60 Å². The molecule has 0 aromatic heterocycles. The molecule has 1 saturated heterocycles. The van der Waals surface area contributed by atoms with E-state index in [1.165, 1.54) is 0 Å². The topological polar surface area (TPSA) is 62.6 Å². The van der Waals surface area contributed by atoms with Crippen molar-refractivity contribution in [3.63, 3.8) is 0 Å². The van der Waals surface area contributed by atoms with Gasteiger partial charge in [-0.3, -0.25) is 0 Å². The van der Waals surface area contributed by atoms with Crippen LogP contribution in [0, 0.1) is 17.2 Å². The third-order valence-corrected chi connectivity index (χ3v) is 3.42. The highest BCUT2D eigenvalue weighted by atomic mass is 16.6. The number of hydrogen-bond donors (Lipinski definition) is 0. The maximum Gasteiger partial charge on any atom is 0.410 e. The van der Waals surface area contributed by atoms with Gasteiger partial charge in [0.2, 0.25) is 0 Å². The van der Waals surface area contributed by atoms with Gasteiger partial charge in [0.05, 0.1) is 12.2 Å². The predicted molar refractivity (Wildman–Crippen MR) is 82.6 cm³/mol. The number of nitrogens with zero attached hydrogens (tertiary/aromatic N) is 2. The van der Waals surface area contributed by atoms with Gasteiger partial charge < -0.3 is 14.4 Å². The average Bonchev–Trinajstić information content (AvgIpc) is 2.92. The summed E-state index contributed by atoms with van der Waals surface area (Å²) in [6.07, 6.45) is 0.612. The molecule has 0 saturated carbocycles. The van der Waals surface area contributed by atoms with Crippen LogP contribution in [0.25, 0.3) is 0 Å². The highest BCUT2D eigenvalue weighted by Gasteiger charge is 2.30. The van der Waals surface area contributed by atoms with Crippen LogP contribution in [0.4, 0.5) is 4.79 Å². The molecule has 2 rings (SSSR count). The zero-order valence-corrected chi connectivity index (χ0v) is 13.3. The summed E-state index contributed by atoms with van der Waals surface area (Å²) in [7, 11) is 0. The van der Waals surface area contributed by atoms with Crippen molar-refractivity contribution in [1.82, 2.24) is 4.90 Å². The summed E-state index contributed by atoms with van der Waals surface area (Å²) in [5, 5.41) is 9.03. The van der Waals surface area contributed by atoms with E-state index in [1.54, 1.807) is 17.0 Å². The fraction of sp³-hybridized carbons (Fsp3) is 0.529. The number of rotatable bonds is 3. The van der Waals surface area contributed by atoms with Crippen molar-refractivity contribution in [1.29, 1.82) is 5.26 Å². The maximum atomic E-state index is 12.0. The van der Waals surface area contributed by atoms with Crippen LogP contribution in [0.1, 0.15) is 32.8 Å². The van der Waals surface area contributed by atoms with Crippen LogP contribution in [0.2, 0.25) is 0 Å². The predicted octanol–water partition coefficient (Wildman–Crippen LogP) is 3.19. The lowest BCUT2D eigenvalue weighted by atomic mass is 10.1. The molecule has 5 nitrogen and oxygen atoms in total. The summed E-state index contributed by atoms with van der Waals surface area (Å²) in [6.45, 7) is 7.39. The van der Waals surface area contributed by atoms with Crippen LogP contribution < -0.4 is 4.74 Å². The molecule has 0 unspecified atom stereocenters. The molecule has 1 aromatic carbocycles. The molecular formula is C17H22N2O3. The Hall–Kier alpha value is -2.22. The number of benzene rings is 1. The van der Waals surface area contributed by atoms with E-state index in [2.05, 4.69) is 6.07 Å². The van der Waals surface area contributed by atoms with Crippen LogP contribution >= 0.6 is 0 Å². The molecule has 1 aliphatic rings. The zero-order chi connectivity index (χ0) is 16.2. The van der Waals surface area contributed by atoms with Gasteiger partial charge in [-0.1, -0.05) is 12.1 Å². The molecule has 1 amide bonds. The molecule has 0 bridgehead atoms. The quantitative estimate of drug-likeness (QED) is 0.860. The van der Waals surface area contributed by atoms with Crippen molar-refractivity contribution >= 4 is 6.09 Å². The Bertz CT molecular complexity index is 572. The van der Waals surface area contributed by atoms with Crippen LogP contribution in [0.15, 0.2) is 24.3 Å². The van der Waals surface area contributed by atoms with Gasteiger partial charge in [0.1, 0.15) is 17.4 Å². The maximum absolute atomic E-state index is 12.0. The van der Waals surface area contributed by atoms with Crippen LogP contribution in [-0.2, 0) is 4.74 Å². The molecule has 5 heteroatoms. The number of nitriles is 1. The first-order chi connectivity index (χ1) is 10.4. The monoisotopic (exact) mass is 302 g/mol. The first-order valence-electron chi connectivity index (χ1n) is 7.49. The second-order valence-electron chi connectivity index (χ2n) is 6.50. The van der Waals surface area contributed by atoms with Crippen LogP contribution in [-0.4, -0.2) is 36.3 Å². The second-order valence-corrected chi connectivity index (χ2v) is 6.50. The third kappa shape index (κ3) is 4.39. The summed E-state index contributed by atoms with van der Waals surface area (Å²) in [6, 6.07) is 9.29. The highest BCUT2D eigenvalue weighted by Crippen LogP contribution is 2.22. The normalized spacial score (nSPS) is 17.9. The number of para-hydroxylation sites is 1. The molecule has 1 fully saturated rings. The van der Waals surface area contributed by atoms with Gasteiger partial charge in [-0.15, -0.1) is 0 Å². The van der Waals surface area contributed by atoms with Gasteiger partial charge in [0.25, 0.3) is 0 Å². The van der Waals surface area contributed by atoms with Crippen molar-refractivity contribution in [2.45, 2.75) is 32.8 Å². The SMILES string of the molecule is CC(C)(C)OC(=O)N1CC[C@@H](COc2ccccc2C#N)C1. The van der Waals surface area contributed by atoms with E-state index >= 15 is 0 Å². The van der Waals surface area contributed by atoms with Crippen LogP contribution in [0.3, 0.4) is 0 Å². The smallest absolute Gasteiger partial charge is 0.410 e. The molecular weight excluding hydrogens is 280 g/mol. The Morgan fingerprint density at radius 3 is 2.82 bits per heavy atom. The first kappa shape index (κ1) is 16.2. The summed E-state index contributed by atoms with van der Waals surface area (Å²) in [5.74, 6) is 0.861. The van der Waals surface area contributed by atoms with Crippen molar-refractivity contribution in [3.05, 3.63) is 29.8 Å². The number of hydrogen-bond acceptors (Lipinski definition) is 4. The fourth-order valence-corrected chi connectivity index (χ4v) is 2.35. The number of amides is 1. The van der Waals surface area contributed by atoms with Gasteiger partial charge in [-0.05, 0) is 39.3 Å². The van der Waals surface area contributed by atoms with Crippen molar-refractivity contribution in [2.75, 3.05) is 19.7 Å². The number of likely N-dealkylation sites (tertiary alicyclic amines) is 1.